The van der Waals surface area contributed by atoms with Gasteiger partial charge >= 0.3 is 0 Å². The summed E-state index contributed by atoms with van der Waals surface area (Å²) in [6, 6.07) is 1.85. The molecule has 13 heteroatoms. The van der Waals surface area contributed by atoms with Crippen molar-refractivity contribution in [1.82, 2.24) is 34.4 Å². The summed E-state index contributed by atoms with van der Waals surface area (Å²) in [5, 5.41) is 4.34. The van der Waals surface area contributed by atoms with Crippen molar-refractivity contribution in [3.05, 3.63) is 42.3 Å². The van der Waals surface area contributed by atoms with Crippen LogP contribution in [0.4, 0.5) is 16.2 Å². The van der Waals surface area contributed by atoms with E-state index in [1.165, 1.54) is 10.8 Å². The van der Waals surface area contributed by atoms with Crippen molar-refractivity contribution < 1.29 is 18.3 Å². The Kier molecular flexibility index (Phi) is 6.50. The highest BCUT2D eigenvalue weighted by Gasteiger charge is 2.62. The average molecular weight is 526 g/mol. The SMILES string of the molecule is COCCOC1=CC2CC2(N2CCN(CCN(C)c3cc4nc(-c5ncco5)nn4c(N)n3)CC2)C(F)=C1. The highest BCUT2D eigenvalue weighted by atomic mass is 19.1. The van der Waals surface area contributed by atoms with Crippen molar-refractivity contribution in [2.45, 2.75) is 12.0 Å². The number of halogens is 1. The lowest BCUT2D eigenvalue weighted by Crippen LogP contribution is -2.53. The molecule has 6 rings (SSSR count). The van der Waals surface area contributed by atoms with Crippen LogP contribution in [0.5, 0.6) is 0 Å². The smallest absolute Gasteiger partial charge is 0.266 e. The van der Waals surface area contributed by atoms with Crippen LogP contribution >= 0.6 is 0 Å². The number of hydrogen-bond donors (Lipinski definition) is 1. The van der Waals surface area contributed by atoms with Crippen LogP contribution in [0.2, 0.25) is 0 Å². The number of anilines is 2. The maximum Gasteiger partial charge on any atom is 0.266 e. The van der Waals surface area contributed by atoms with Crippen molar-refractivity contribution in [3.8, 4) is 11.7 Å². The number of rotatable bonds is 10. The first kappa shape index (κ1) is 24.8. The highest BCUT2D eigenvalue weighted by molar-refractivity contribution is 5.58. The van der Waals surface area contributed by atoms with E-state index in [4.69, 9.17) is 19.6 Å². The Morgan fingerprint density at radius 1 is 1.24 bits per heavy atom. The molecule has 2 unspecified atom stereocenters. The maximum atomic E-state index is 15.2. The predicted molar refractivity (Wildman–Crippen MR) is 138 cm³/mol. The van der Waals surface area contributed by atoms with Gasteiger partial charge in [0.15, 0.2) is 5.65 Å². The molecular formula is C25H32FN9O3. The number of likely N-dealkylation sites (N-methyl/N-ethyl adjacent to an activating group) is 1. The second kappa shape index (κ2) is 9.97. The molecule has 0 aromatic carbocycles. The van der Waals surface area contributed by atoms with Gasteiger partial charge in [-0.2, -0.15) is 9.50 Å². The summed E-state index contributed by atoms with van der Waals surface area (Å²) in [6.07, 6.45) is 7.45. The minimum Gasteiger partial charge on any atom is -0.491 e. The maximum absolute atomic E-state index is 15.2. The Morgan fingerprint density at radius 2 is 2.08 bits per heavy atom. The highest BCUT2D eigenvalue weighted by Crippen LogP contribution is 2.57. The summed E-state index contributed by atoms with van der Waals surface area (Å²) in [4.78, 5) is 19.8. The topological polar surface area (TPSA) is 123 Å². The van der Waals surface area contributed by atoms with E-state index in [-0.39, 0.29) is 17.7 Å². The fourth-order valence-electron chi connectivity index (χ4n) is 5.39. The molecular weight excluding hydrogens is 493 g/mol. The number of oxazole rings is 1. The molecule has 2 aliphatic carbocycles. The van der Waals surface area contributed by atoms with Gasteiger partial charge in [-0.3, -0.25) is 9.80 Å². The van der Waals surface area contributed by atoms with Gasteiger partial charge < -0.3 is 24.5 Å². The Labute approximate surface area is 219 Å². The summed E-state index contributed by atoms with van der Waals surface area (Å²) < 4.78 is 32.6. The molecule has 4 heterocycles. The Hall–Kier alpha value is -3.55. The first-order valence-electron chi connectivity index (χ1n) is 12.8. The summed E-state index contributed by atoms with van der Waals surface area (Å²) in [7, 11) is 3.61. The van der Waals surface area contributed by atoms with E-state index in [0.29, 0.717) is 42.2 Å². The largest absolute Gasteiger partial charge is 0.491 e. The second-order valence-electron chi connectivity index (χ2n) is 9.90. The van der Waals surface area contributed by atoms with Crippen LogP contribution in [0, 0.1) is 5.92 Å². The number of allylic oxidation sites excluding steroid dienone is 1. The molecule has 0 spiro atoms. The summed E-state index contributed by atoms with van der Waals surface area (Å²) in [6.45, 7) is 5.96. The van der Waals surface area contributed by atoms with Gasteiger partial charge in [-0.25, -0.2) is 14.4 Å². The lowest BCUT2D eigenvalue weighted by molar-refractivity contribution is 0.0824. The van der Waals surface area contributed by atoms with E-state index < -0.39 is 5.54 Å². The third-order valence-electron chi connectivity index (χ3n) is 7.63. The average Bonchev–Trinajstić information content (AvgIpc) is 3.24. The number of piperazine rings is 1. The standard InChI is InChI=1S/C25H32FN9O3/c1-32(20-15-21-29-22(23-28-3-10-38-23)31-35(21)24(27)30-20)4-5-33-6-8-34(9-7-33)25-16-17(25)13-18(14-19(25)26)37-12-11-36-2/h3,10,13-15,17H,4-9,11-12,16H2,1-2H3,(H2,27,30). The zero-order valence-corrected chi connectivity index (χ0v) is 21.6. The lowest BCUT2D eigenvalue weighted by Gasteiger charge is -2.40. The van der Waals surface area contributed by atoms with E-state index in [9.17, 15) is 0 Å². The molecule has 202 valence electrons. The first-order chi connectivity index (χ1) is 18.5. The molecule has 1 aliphatic heterocycles. The molecule has 3 aliphatic rings. The van der Waals surface area contributed by atoms with Crippen LogP contribution < -0.4 is 10.6 Å². The van der Waals surface area contributed by atoms with Gasteiger partial charge in [-0.1, -0.05) is 0 Å². The Bertz CT molecular complexity index is 1350. The monoisotopic (exact) mass is 525 g/mol. The quantitative estimate of drug-likeness (QED) is 0.388. The van der Waals surface area contributed by atoms with Crippen LogP contribution in [-0.2, 0) is 9.47 Å². The van der Waals surface area contributed by atoms with E-state index in [1.54, 1.807) is 19.4 Å². The minimum absolute atomic E-state index is 0.0795. The molecule has 1 saturated carbocycles. The number of hydrogen-bond acceptors (Lipinski definition) is 11. The van der Waals surface area contributed by atoms with Crippen molar-refractivity contribution in [3.63, 3.8) is 0 Å². The van der Waals surface area contributed by atoms with Gasteiger partial charge in [0, 0.05) is 71.5 Å². The minimum atomic E-state index is -0.476. The normalized spacial score (nSPS) is 23.7. The number of ether oxygens (including phenoxy) is 2. The van der Waals surface area contributed by atoms with Gasteiger partial charge in [0.05, 0.1) is 18.3 Å². The molecule has 2 N–H and O–H groups in total. The van der Waals surface area contributed by atoms with E-state index >= 15 is 4.39 Å². The molecule has 3 aromatic heterocycles. The van der Waals surface area contributed by atoms with Crippen LogP contribution in [0.1, 0.15) is 6.42 Å². The van der Waals surface area contributed by atoms with Crippen molar-refractivity contribution in [2.24, 2.45) is 5.92 Å². The third-order valence-corrected chi connectivity index (χ3v) is 7.63. The molecule has 12 nitrogen and oxygen atoms in total. The molecule has 1 saturated heterocycles. The van der Waals surface area contributed by atoms with Crippen LogP contribution in [-0.4, -0.2) is 107 Å². The van der Waals surface area contributed by atoms with Crippen LogP contribution in [0.15, 0.2) is 46.7 Å². The molecule has 0 radical (unpaired) electrons. The molecule has 2 fully saturated rings. The molecule has 0 bridgehead atoms. The number of aromatic nitrogens is 5. The molecule has 3 aromatic rings. The van der Waals surface area contributed by atoms with Gasteiger partial charge in [0.2, 0.25) is 11.8 Å². The molecule has 38 heavy (non-hydrogen) atoms. The van der Waals surface area contributed by atoms with Gasteiger partial charge in [-0.05, 0) is 12.5 Å². The van der Waals surface area contributed by atoms with Crippen LogP contribution in [0.25, 0.3) is 17.4 Å². The Balaban J connectivity index is 1.02. The lowest BCUT2D eigenvalue weighted by atomic mass is 10.0. The van der Waals surface area contributed by atoms with E-state index in [2.05, 4.69) is 40.8 Å². The van der Waals surface area contributed by atoms with Crippen molar-refractivity contribution in [2.75, 3.05) is 77.3 Å². The molecule has 2 atom stereocenters. The van der Waals surface area contributed by atoms with E-state index in [1.807, 2.05) is 13.1 Å². The predicted octanol–water partition coefficient (Wildman–Crippen LogP) is 1.59. The fourth-order valence-corrected chi connectivity index (χ4v) is 5.39. The first-order valence-corrected chi connectivity index (χ1v) is 12.8. The number of nitrogens with zero attached hydrogens (tertiary/aromatic N) is 8. The zero-order valence-electron chi connectivity index (χ0n) is 21.6. The van der Waals surface area contributed by atoms with Crippen molar-refractivity contribution >= 4 is 17.4 Å². The third kappa shape index (κ3) is 4.50. The summed E-state index contributed by atoms with van der Waals surface area (Å²) >= 11 is 0. The van der Waals surface area contributed by atoms with Crippen LogP contribution in [0.3, 0.4) is 0 Å². The summed E-state index contributed by atoms with van der Waals surface area (Å²) in [5.74, 6) is 2.35. The zero-order chi connectivity index (χ0) is 26.3. The summed E-state index contributed by atoms with van der Waals surface area (Å²) in [5.41, 5.74) is 6.25. The fraction of sp³-hybridized carbons (Fsp3) is 0.520. The Morgan fingerprint density at radius 3 is 2.82 bits per heavy atom. The number of fused-ring (bicyclic) bond motifs is 2. The van der Waals surface area contributed by atoms with Gasteiger partial charge in [0.25, 0.3) is 5.89 Å². The second-order valence-corrected chi connectivity index (χ2v) is 9.90. The van der Waals surface area contributed by atoms with E-state index in [0.717, 1.165) is 45.7 Å². The van der Waals surface area contributed by atoms with Gasteiger partial charge in [-0.15, -0.1) is 5.10 Å². The van der Waals surface area contributed by atoms with Gasteiger partial charge in [0.1, 0.15) is 30.3 Å². The number of nitrogen functional groups attached to an aromatic ring is 1. The number of nitrogens with two attached hydrogens (primary N) is 1. The number of methoxy groups -OCH3 is 1. The molecule has 0 amide bonds. The van der Waals surface area contributed by atoms with Crippen molar-refractivity contribution in [1.29, 1.82) is 0 Å².